The first-order chi connectivity index (χ1) is 7.13. The quantitative estimate of drug-likeness (QED) is 0.712. The maximum Gasteiger partial charge on any atom is 0.320 e. The molecule has 0 bridgehead atoms. The average molecular weight is 214 g/mol. The molecule has 2 N–H and O–H groups in total. The van der Waals surface area contributed by atoms with Gasteiger partial charge in [0.25, 0.3) is 0 Å². The first-order valence-electron chi connectivity index (χ1n) is 4.53. The van der Waals surface area contributed by atoms with Crippen LogP contribution in [-0.4, -0.2) is 29.4 Å². The average Bonchev–Trinajstić information content (AvgIpc) is 2.62. The molecule has 1 rings (SSSR count). The summed E-state index contributed by atoms with van der Waals surface area (Å²) in [5.41, 5.74) is 0.662. The third-order valence-corrected chi connectivity index (χ3v) is 1.85. The lowest BCUT2D eigenvalue weighted by Crippen LogP contribution is -2.33. The van der Waals surface area contributed by atoms with Crippen molar-refractivity contribution in [2.45, 2.75) is 26.1 Å². The van der Waals surface area contributed by atoms with Gasteiger partial charge in [0.1, 0.15) is 12.6 Å². The van der Waals surface area contributed by atoms with Gasteiger partial charge in [0, 0.05) is 19.7 Å². The predicted molar refractivity (Wildman–Crippen MR) is 51.2 cm³/mol. The number of carbonyl (C=O) groups is 1. The van der Waals surface area contributed by atoms with Gasteiger partial charge in [0.05, 0.1) is 5.69 Å². The number of nitrogens with zero attached hydrogens (tertiary/aromatic N) is 1. The highest BCUT2D eigenvalue weighted by Crippen LogP contribution is 2.04. The molecule has 1 aromatic rings. The molecule has 1 atom stereocenters. The lowest BCUT2D eigenvalue weighted by Gasteiger charge is -2.05. The van der Waals surface area contributed by atoms with Gasteiger partial charge in [-0.1, -0.05) is 5.16 Å². The zero-order valence-corrected chi connectivity index (χ0v) is 8.69. The summed E-state index contributed by atoms with van der Waals surface area (Å²) >= 11 is 0. The van der Waals surface area contributed by atoms with Crippen LogP contribution in [0.2, 0.25) is 0 Å². The molecule has 0 aliphatic rings. The molecule has 0 spiro atoms. The second-order valence-corrected chi connectivity index (χ2v) is 3.16. The van der Waals surface area contributed by atoms with Crippen LogP contribution >= 0.6 is 0 Å². The van der Waals surface area contributed by atoms with E-state index in [9.17, 15) is 4.79 Å². The number of nitrogens with one attached hydrogen (secondary N) is 1. The van der Waals surface area contributed by atoms with Gasteiger partial charge in [-0.3, -0.25) is 10.1 Å². The Morgan fingerprint density at radius 2 is 2.53 bits per heavy atom. The molecular formula is C9H14N2O4. The molecule has 0 aromatic carbocycles. The van der Waals surface area contributed by atoms with E-state index >= 15 is 0 Å². The summed E-state index contributed by atoms with van der Waals surface area (Å²) in [7, 11) is 1.56. The molecule has 1 aromatic heterocycles. The summed E-state index contributed by atoms with van der Waals surface area (Å²) in [6.45, 7) is 2.29. The van der Waals surface area contributed by atoms with Crippen LogP contribution in [0.1, 0.15) is 18.4 Å². The van der Waals surface area contributed by atoms with E-state index < -0.39 is 12.0 Å². The van der Waals surface area contributed by atoms with E-state index in [1.165, 1.54) is 0 Å². The van der Waals surface area contributed by atoms with Gasteiger partial charge >= 0.3 is 5.97 Å². The topological polar surface area (TPSA) is 84.6 Å². The van der Waals surface area contributed by atoms with Gasteiger partial charge in [0.15, 0.2) is 5.76 Å². The van der Waals surface area contributed by atoms with E-state index in [-0.39, 0.29) is 0 Å². The Kier molecular flexibility index (Phi) is 4.26. The molecular weight excluding hydrogens is 200 g/mol. The highest BCUT2D eigenvalue weighted by molar-refractivity contribution is 5.72. The highest BCUT2D eigenvalue weighted by Gasteiger charge is 2.11. The molecule has 0 saturated carbocycles. The van der Waals surface area contributed by atoms with Gasteiger partial charge in [0.2, 0.25) is 0 Å². The Labute approximate surface area is 87.2 Å². The maximum atomic E-state index is 10.5. The smallest absolute Gasteiger partial charge is 0.320 e. The first kappa shape index (κ1) is 11.7. The number of carboxylic acid groups (broad SMARTS) is 1. The molecule has 0 radical (unpaired) electrons. The summed E-state index contributed by atoms with van der Waals surface area (Å²) in [4.78, 5) is 10.5. The number of hydrogen-bond donors (Lipinski definition) is 2. The molecule has 1 heterocycles. The number of carboxylic acids is 1. The summed E-state index contributed by atoms with van der Waals surface area (Å²) < 4.78 is 9.79. The van der Waals surface area contributed by atoms with Crippen LogP contribution in [0.5, 0.6) is 0 Å². The number of aliphatic carboxylic acids is 1. The number of rotatable bonds is 6. The van der Waals surface area contributed by atoms with Crippen LogP contribution in [0.25, 0.3) is 0 Å². The van der Waals surface area contributed by atoms with Gasteiger partial charge in [-0.15, -0.1) is 0 Å². The van der Waals surface area contributed by atoms with E-state index in [2.05, 4.69) is 10.5 Å². The fourth-order valence-electron chi connectivity index (χ4n) is 0.994. The van der Waals surface area contributed by atoms with Crippen LogP contribution < -0.4 is 5.32 Å². The molecule has 1 unspecified atom stereocenters. The lowest BCUT2D eigenvalue weighted by atomic mass is 10.3. The summed E-state index contributed by atoms with van der Waals surface area (Å²) in [5.74, 6) is -0.270. The second-order valence-electron chi connectivity index (χ2n) is 3.16. The van der Waals surface area contributed by atoms with E-state index in [1.54, 1.807) is 20.1 Å². The minimum Gasteiger partial charge on any atom is -0.480 e. The number of ether oxygens (including phenoxy) is 1. The van der Waals surface area contributed by atoms with E-state index in [1.807, 2.05) is 0 Å². The molecule has 0 aliphatic carbocycles. The molecule has 15 heavy (non-hydrogen) atoms. The fourth-order valence-corrected chi connectivity index (χ4v) is 0.994. The van der Waals surface area contributed by atoms with Gasteiger partial charge in [-0.2, -0.15) is 0 Å². The maximum absolute atomic E-state index is 10.5. The van der Waals surface area contributed by atoms with E-state index in [0.717, 1.165) is 0 Å². The Morgan fingerprint density at radius 3 is 3.13 bits per heavy atom. The third-order valence-electron chi connectivity index (χ3n) is 1.85. The fraction of sp³-hybridized carbons (Fsp3) is 0.556. The van der Waals surface area contributed by atoms with Crippen molar-refractivity contribution in [3.63, 3.8) is 0 Å². The lowest BCUT2D eigenvalue weighted by molar-refractivity contribution is -0.139. The molecule has 0 amide bonds. The molecule has 6 nitrogen and oxygen atoms in total. The van der Waals surface area contributed by atoms with Crippen molar-refractivity contribution in [1.82, 2.24) is 10.5 Å². The minimum atomic E-state index is -0.893. The van der Waals surface area contributed by atoms with Crippen LogP contribution in [0, 0.1) is 0 Å². The molecule has 0 aliphatic heterocycles. The van der Waals surface area contributed by atoms with Crippen LogP contribution in [0.15, 0.2) is 10.6 Å². The van der Waals surface area contributed by atoms with E-state index in [0.29, 0.717) is 24.6 Å². The first-order valence-corrected chi connectivity index (χ1v) is 4.53. The number of hydrogen-bond acceptors (Lipinski definition) is 5. The third kappa shape index (κ3) is 3.69. The Hall–Kier alpha value is -1.40. The number of methoxy groups -OCH3 is 1. The Bertz CT molecular complexity index is 324. The van der Waals surface area contributed by atoms with Gasteiger partial charge in [-0.25, -0.2) is 0 Å². The van der Waals surface area contributed by atoms with Crippen LogP contribution in [0.3, 0.4) is 0 Å². The number of aromatic nitrogens is 1. The SMILES string of the molecule is COCc1cc(CNC(C)C(=O)O)no1. The summed E-state index contributed by atoms with van der Waals surface area (Å²) in [5, 5.41) is 15.2. The predicted octanol–water partition coefficient (Wildman–Crippen LogP) is 0.384. The van der Waals surface area contributed by atoms with Crippen molar-refractivity contribution in [2.75, 3.05) is 7.11 Å². The van der Waals surface area contributed by atoms with Crippen molar-refractivity contribution in [3.8, 4) is 0 Å². The molecule has 84 valence electrons. The second kappa shape index (κ2) is 5.47. The highest BCUT2D eigenvalue weighted by atomic mass is 16.5. The zero-order valence-electron chi connectivity index (χ0n) is 8.69. The molecule has 0 fully saturated rings. The monoisotopic (exact) mass is 214 g/mol. The minimum absolute atomic E-state index is 0.362. The Morgan fingerprint density at radius 1 is 1.80 bits per heavy atom. The standard InChI is InChI=1S/C9H14N2O4/c1-6(9(12)13)10-4-7-3-8(5-14-2)15-11-7/h3,6,10H,4-5H2,1-2H3,(H,12,13). The normalized spacial score (nSPS) is 12.7. The molecule has 0 saturated heterocycles. The Balaban J connectivity index is 2.40. The van der Waals surface area contributed by atoms with Crippen molar-refractivity contribution in [3.05, 3.63) is 17.5 Å². The van der Waals surface area contributed by atoms with Crippen molar-refractivity contribution < 1.29 is 19.2 Å². The van der Waals surface area contributed by atoms with Crippen molar-refractivity contribution >= 4 is 5.97 Å². The van der Waals surface area contributed by atoms with Gasteiger partial charge < -0.3 is 14.4 Å². The van der Waals surface area contributed by atoms with Gasteiger partial charge in [-0.05, 0) is 6.92 Å². The summed E-state index contributed by atoms with van der Waals surface area (Å²) in [6.07, 6.45) is 0. The van der Waals surface area contributed by atoms with Crippen LogP contribution in [0.4, 0.5) is 0 Å². The van der Waals surface area contributed by atoms with Crippen molar-refractivity contribution in [1.29, 1.82) is 0 Å². The largest absolute Gasteiger partial charge is 0.480 e. The zero-order chi connectivity index (χ0) is 11.3. The van der Waals surface area contributed by atoms with Crippen LogP contribution in [-0.2, 0) is 22.7 Å². The van der Waals surface area contributed by atoms with Crippen molar-refractivity contribution in [2.24, 2.45) is 0 Å². The van der Waals surface area contributed by atoms with E-state index in [4.69, 9.17) is 14.4 Å². The summed E-state index contributed by atoms with van der Waals surface area (Å²) in [6, 6.07) is 1.12. The molecule has 6 heteroatoms.